The van der Waals surface area contributed by atoms with Gasteiger partial charge in [0.1, 0.15) is 0 Å². The average molecular weight is 284 g/mol. The molecule has 1 aliphatic carbocycles. The van der Waals surface area contributed by atoms with Gasteiger partial charge in [-0.25, -0.2) is 0 Å². The summed E-state index contributed by atoms with van der Waals surface area (Å²) >= 11 is 0. The van der Waals surface area contributed by atoms with Gasteiger partial charge in [-0.05, 0) is 50.3 Å². The number of fused-ring (bicyclic) bond motifs is 1. The molecule has 112 valence electrons. The normalized spacial score (nSPS) is 29.8. The van der Waals surface area contributed by atoms with Gasteiger partial charge < -0.3 is 10.6 Å². The molecule has 1 aliphatic heterocycles. The molecule has 1 saturated heterocycles. The summed E-state index contributed by atoms with van der Waals surface area (Å²) in [4.78, 5) is 0. The molecule has 0 amide bonds. The number of nitrogens with zero attached hydrogens (tertiary/aromatic N) is 1. The van der Waals surface area contributed by atoms with Gasteiger partial charge in [-0.3, -0.25) is 5.10 Å². The number of hydrogen-bond acceptors (Lipinski definition) is 3. The Balaban J connectivity index is 1.54. The lowest BCUT2D eigenvalue weighted by Gasteiger charge is -2.33. The molecule has 1 saturated carbocycles. The van der Waals surface area contributed by atoms with Crippen LogP contribution in [0, 0.1) is 5.92 Å². The molecule has 0 spiro atoms. The van der Waals surface area contributed by atoms with Gasteiger partial charge in [0, 0.05) is 23.2 Å². The molecule has 1 aromatic heterocycles. The van der Waals surface area contributed by atoms with Crippen molar-refractivity contribution in [3.05, 3.63) is 24.4 Å². The minimum absolute atomic E-state index is 0.598. The van der Waals surface area contributed by atoms with Gasteiger partial charge in [-0.15, -0.1) is 0 Å². The first kappa shape index (κ1) is 13.1. The maximum Gasteiger partial charge on any atom is 0.0671 e. The standard InChI is InChI=1S/C17H24N4/c1-2-10-18-14(6-1)12-5-3-7-15(12)20-16-8-4-9-17-13(16)11-19-21-17/h4,8-9,11-12,14-15,18,20H,1-3,5-7,10H2,(H,19,21). The largest absolute Gasteiger partial charge is 0.381 e. The lowest BCUT2D eigenvalue weighted by Crippen LogP contribution is -2.44. The number of anilines is 1. The van der Waals surface area contributed by atoms with Crippen LogP contribution in [0.3, 0.4) is 0 Å². The highest BCUT2D eigenvalue weighted by atomic mass is 15.1. The molecule has 3 N–H and O–H groups in total. The summed E-state index contributed by atoms with van der Waals surface area (Å²) in [6, 6.07) is 7.68. The van der Waals surface area contributed by atoms with E-state index < -0.39 is 0 Å². The first-order valence-corrected chi connectivity index (χ1v) is 8.34. The van der Waals surface area contributed by atoms with Gasteiger partial charge in [0.05, 0.1) is 11.7 Å². The zero-order valence-electron chi connectivity index (χ0n) is 12.4. The van der Waals surface area contributed by atoms with Gasteiger partial charge in [-0.1, -0.05) is 18.9 Å². The van der Waals surface area contributed by atoms with Gasteiger partial charge in [0.15, 0.2) is 0 Å². The van der Waals surface area contributed by atoms with Crippen LogP contribution in [-0.4, -0.2) is 28.8 Å². The zero-order chi connectivity index (χ0) is 14.1. The number of nitrogens with one attached hydrogen (secondary N) is 3. The quantitative estimate of drug-likeness (QED) is 0.810. The lowest BCUT2D eigenvalue weighted by molar-refractivity contribution is 0.286. The van der Waals surface area contributed by atoms with Crippen molar-refractivity contribution >= 4 is 16.6 Å². The molecule has 2 heterocycles. The van der Waals surface area contributed by atoms with Crippen LogP contribution in [0.2, 0.25) is 0 Å². The van der Waals surface area contributed by atoms with E-state index in [0.717, 1.165) is 11.4 Å². The SMILES string of the molecule is c1cc(NC2CCCC2C2CCCCN2)c2cn[nH]c2c1. The number of aromatic amines is 1. The van der Waals surface area contributed by atoms with E-state index in [1.54, 1.807) is 0 Å². The molecule has 2 aliphatic rings. The molecule has 3 unspecified atom stereocenters. The minimum Gasteiger partial charge on any atom is -0.381 e. The van der Waals surface area contributed by atoms with Crippen LogP contribution >= 0.6 is 0 Å². The van der Waals surface area contributed by atoms with E-state index in [1.807, 2.05) is 6.20 Å². The molecule has 21 heavy (non-hydrogen) atoms. The molecular formula is C17H24N4. The topological polar surface area (TPSA) is 52.7 Å². The van der Waals surface area contributed by atoms with Crippen LogP contribution in [-0.2, 0) is 0 Å². The Labute approximate surface area is 125 Å². The number of hydrogen-bond donors (Lipinski definition) is 3. The van der Waals surface area contributed by atoms with Crippen LogP contribution in [0.5, 0.6) is 0 Å². The highest BCUT2D eigenvalue weighted by Crippen LogP contribution is 2.35. The van der Waals surface area contributed by atoms with Gasteiger partial charge in [0.2, 0.25) is 0 Å². The second-order valence-corrected chi connectivity index (χ2v) is 6.54. The third-order valence-corrected chi connectivity index (χ3v) is 5.26. The molecule has 2 aromatic rings. The molecule has 0 bridgehead atoms. The molecule has 4 nitrogen and oxygen atoms in total. The smallest absolute Gasteiger partial charge is 0.0671 e. The Bertz CT molecular complexity index is 600. The predicted octanol–water partition coefficient (Wildman–Crippen LogP) is 3.29. The first-order valence-electron chi connectivity index (χ1n) is 8.34. The lowest BCUT2D eigenvalue weighted by atomic mass is 9.88. The van der Waals surface area contributed by atoms with E-state index in [0.29, 0.717) is 12.1 Å². The Morgan fingerprint density at radius 2 is 2.10 bits per heavy atom. The number of H-pyrrole nitrogens is 1. The number of aromatic nitrogens is 2. The van der Waals surface area contributed by atoms with Crippen molar-refractivity contribution in [1.82, 2.24) is 15.5 Å². The molecule has 1 aromatic carbocycles. The van der Waals surface area contributed by atoms with Crippen LogP contribution in [0.15, 0.2) is 24.4 Å². The van der Waals surface area contributed by atoms with Crippen LogP contribution in [0.4, 0.5) is 5.69 Å². The Morgan fingerprint density at radius 3 is 3.00 bits per heavy atom. The molecular weight excluding hydrogens is 260 g/mol. The third kappa shape index (κ3) is 2.53. The van der Waals surface area contributed by atoms with Gasteiger partial charge >= 0.3 is 0 Å². The minimum atomic E-state index is 0.598. The van der Waals surface area contributed by atoms with Crippen molar-refractivity contribution in [2.24, 2.45) is 5.92 Å². The summed E-state index contributed by atoms with van der Waals surface area (Å²) in [7, 11) is 0. The van der Waals surface area contributed by atoms with E-state index in [9.17, 15) is 0 Å². The fraction of sp³-hybridized carbons (Fsp3) is 0.588. The highest BCUT2D eigenvalue weighted by molar-refractivity contribution is 5.90. The molecule has 2 fully saturated rings. The van der Waals surface area contributed by atoms with Crippen molar-refractivity contribution in [2.75, 3.05) is 11.9 Å². The summed E-state index contributed by atoms with van der Waals surface area (Å²) in [6.45, 7) is 1.20. The van der Waals surface area contributed by atoms with E-state index in [4.69, 9.17) is 0 Å². The summed E-state index contributed by atoms with van der Waals surface area (Å²) in [5, 5.41) is 16.0. The molecule has 0 radical (unpaired) electrons. The van der Waals surface area contributed by atoms with E-state index in [2.05, 4.69) is 39.0 Å². The van der Waals surface area contributed by atoms with Gasteiger partial charge in [0.25, 0.3) is 0 Å². The van der Waals surface area contributed by atoms with Crippen LogP contribution in [0.25, 0.3) is 10.9 Å². The Hall–Kier alpha value is -1.55. The van der Waals surface area contributed by atoms with Crippen molar-refractivity contribution in [3.63, 3.8) is 0 Å². The second-order valence-electron chi connectivity index (χ2n) is 6.54. The summed E-state index contributed by atoms with van der Waals surface area (Å²) in [5.41, 5.74) is 2.35. The number of benzene rings is 1. The van der Waals surface area contributed by atoms with Crippen molar-refractivity contribution in [2.45, 2.75) is 50.6 Å². The van der Waals surface area contributed by atoms with E-state index in [-0.39, 0.29) is 0 Å². The maximum absolute atomic E-state index is 4.17. The van der Waals surface area contributed by atoms with Gasteiger partial charge in [-0.2, -0.15) is 5.10 Å². The van der Waals surface area contributed by atoms with Crippen molar-refractivity contribution in [3.8, 4) is 0 Å². The monoisotopic (exact) mass is 284 g/mol. The summed E-state index contributed by atoms with van der Waals surface area (Å²) in [5.74, 6) is 0.771. The van der Waals surface area contributed by atoms with Crippen LogP contribution < -0.4 is 10.6 Å². The fourth-order valence-corrected chi connectivity index (χ4v) is 4.19. The summed E-state index contributed by atoms with van der Waals surface area (Å²) < 4.78 is 0. The Kier molecular flexibility index (Phi) is 3.55. The first-order chi connectivity index (χ1) is 10.4. The van der Waals surface area contributed by atoms with E-state index >= 15 is 0 Å². The van der Waals surface area contributed by atoms with Crippen LogP contribution in [0.1, 0.15) is 38.5 Å². The van der Waals surface area contributed by atoms with Crippen molar-refractivity contribution < 1.29 is 0 Å². The fourth-order valence-electron chi connectivity index (χ4n) is 4.19. The Morgan fingerprint density at radius 1 is 1.10 bits per heavy atom. The number of rotatable bonds is 3. The zero-order valence-corrected chi connectivity index (χ0v) is 12.4. The predicted molar refractivity (Wildman–Crippen MR) is 86.5 cm³/mol. The average Bonchev–Trinajstić information content (AvgIpc) is 3.17. The molecule has 3 atom stereocenters. The summed E-state index contributed by atoms with van der Waals surface area (Å²) in [6.07, 6.45) is 10.0. The maximum atomic E-state index is 4.17. The highest BCUT2D eigenvalue weighted by Gasteiger charge is 2.34. The molecule has 4 rings (SSSR count). The number of piperidine rings is 1. The second kappa shape index (κ2) is 5.68. The van der Waals surface area contributed by atoms with Crippen molar-refractivity contribution in [1.29, 1.82) is 0 Å². The third-order valence-electron chi connectivity index (χ3n) is 5.26. The molecule has 4 heteroatoms. The van der Waals surface area contributed by atoms with E-state index in [1.165, 1.54) is 56.1 Å².